The molecule has 25 heavy (non-hydrogen) atoms. The molecule has 0 spiro atoms. The number of hydrogen-bond donors (Lipinski definition) is 2. The number of ether oxygens (including phenoxy) is 2. The van der Waals surface area contributed by atoms with E-state index >= 15 is 0 Å². The number of nitrogens with zero attached hydrogens (tertiary/aromatic N) is 1. The minimum Gasteiger partial charge on any atom is -0.379 e. The van der Waals surface area contributed by atoms with Crippen LogP contribution < -0.4 is 11.1 Å². The number of morpholine rings is 1. The minimum absolute atomic E-state index is 0. The zero-order valence-electron chi connectivity index (χ0n) is 14.1. The van der Waals surface area contributed by atoms with E-state index in [1.807, 2.05) is 0 Å². The van der Waals surface area contributed by atoms with Gasteiger partial charge in [-0.2, -0.15) is 0 Å². The molecule has 1 unspecified atom stereocenters. The third-order valence-corrected chi connectivity index (χ3v) is 5.46. The van der Waals surface area contributed by atoms with E-state index in [-0.39, 0.29) is 49.0 Å². The van der Waals surface area contributed by atoms with E-state index in [9.17, 15) is 4.79 Å². The van der Waals surface area contributed by atoms with Crippen LogP contribution in [0.2, 0.25) is 0 Å². The molecule has 3 rings (SSSR count). The molecular weight excluding hydrogens is 385 g/mol. The van der Waals surface area contributed by atoms with Crippen LogP contribution in [0.25, 0.3) is 0 Å². The lowest BCUT2D eigenvalue weighted by Gasteiger charge is -2.34. The Hall–Kier alpha value is -0.410. The van der Waals surface area contributed by atoms with Crippen LogP contribution >= 0.6 is 36.2 Å². The first-order valence-corrected chi connectivity index (χ1v) is 9.14. The first-order valence-electron chi connectivity index (χ1n) is 8.26. The topological polar surface area (TPSA) is 76.8 Å². The van der Waals surface area contributed by atoms with Crippen molar-refractivity contribution in [1.29, 1.82) is 0 Å². The normalized spacial score (nSPS) is 24.8. The molecule has 144 valence electrons. The smallest absolute Gasteiger partial charge is 0.249 e. The molecule has 1 amide bonds. The second-order valence-electron chi connectivity index (χ2n) is 5.98. The lowest BCUT2D eigenvalue weighted by atomic mass is 10.1. The number of nitrogens with two attached hydrogens (primary N) is 1. The van der Waals surface area contributed by atoms with Gasteiger partial charge in [-0.05, 0) is 24.3 Å². The molecule has 3 atom stereocenters. The Bertz CT molecular complexity index is 501. The standard InChI is InChI=1S/C16H25N3O3S.2ClH/c17-10-12-3-4-14(22-12)16(20)18-11-13(15-2-1-9-23-15)19-5-7-21-8-6-19;;/h1-2,9,12-14H,3-8,10-11,17H2,(H,18,20);2*1H/t12-,13?,14+;;/m1../s1. The van der Waals surface area contributed by atoms with E-state index in [1.165, 1.54) is 4.88 Å². The molecule has 2 aliphatic heterocycles. The number of nitrogens with one attached hydrogen (secondary N) is 1. The second-order valence-corrected chi connectivity index (χ2v) is 6.96. The van der Waals surface area contributed by atoms with E-state index in [0.29, 0.717) is 13.1 Å². The number of amides is 1. The summed E-state index contributed by atoms with van der Waals surface area (Å²) in [4.78, 5) is 16.0. The van der Waals surface area contributed by atoms with Crippen molar-refractivity contribution in [1.82, 2.24) is 10.2 Å². The Morgan fingerprint density at radius 3 is 2.72 bits per heavy atom. The van der Waals surface area contributed by atoms with Crippen LogP contribution in [0, 0.1) is 0 Å². The molecule has 2 fully saturated rings. The van der Waals surface area contributed by atoms with Gasteiger partial charge in [-0.25, -0.2) is 0 Å². The highest BCUT2D eigenvalue weighted by atomic mass is 35.5. The average molecular weight is 412 g/mol. The molecule has 0 aromatic carbocycles. The molecule has 1 aromatic heterocycles. The predicted molar refractivity (Wildman–Crippen MR) is 104 cm³/mol. The molecule has 9 heteroatoms. The lowest BCUT2D eigenvalue weighted by molar-refractivity contribution is -0.132. The second kappa shape index (κ2) is 11.3. The van der Waals surface area contributed by atoms with E-state index < -0.39 is 0 Å². The van der Waals surface area contributed by atoms with Gasteiger partial charge >= 0.3 is 0 Å². The predicted octanol–water partition coefficient (Wildman–Crippen LogP) is 1.59. The maximum absolute atomic E-state index is 12.3. The number of hydrogen-bond acceptors (Lipinski definition) is 6. The molecule has 3 heterocycles. The van der Waals surface area contributed by atoms with Crippen molar-refractivity contribution >= 4 is 42.1 Å². The van der Waals surface area contributed by atoms with E-state index in [0.717, 1.165) is 39.1 Å². The van der Waals surface area contributed by atoms with Gasteiger partial charge in [0.25, 0.3) is 0 Å². The zero-order chi connectivity index (χ0) is 16.1. The zero-order valence-corrected chi connectivity index (χ0v) is 16.5. The number of carbonyl (C=O) groups is 1. The average Bonchev–Trinajstić information content (AvgIpc) is 3.27. The number of carbonyl (C=O) groups excluding carboxylic acids is 1. The molecule has 2 aliphatic rings. The van der Waals surface area contributed by atoms with Gasteiger partial charge in [-0.1, -0.05) is 6.07 Å². The highest BCUT2D eigenvalue weighted by Crippen LogP contribution is 2.26. The van der Waals surface area contributed by atoms with Gasteiger partial charge in [0.05, 0.1) is 25.4 Å². The maximum Gasteiger partial charge on any atom is 0.249 e. The molecule has 3 N–H and O–H groups in total. The Labute approximate surface area is 165 Å². The van der Waals surface area contributed by atoms with Crippen molar-refractivity contribution < 1.29 is 14.3 Å². The summed E-state index contributed by atoms with van der Waals surface area (Å²) in [7, 11) is 0. The highest BCUT2D eigenvalue weighted by Gasteiger charge is 2.31. The summed E-state index contributed by atoms with van der Waals surface area (Å²) in [6, 6.07) is 4.39. The van der Waals surface area contributed by atoms with Crippen LogP contribution in [-0.2, 0) is 14.3 Å². The molecule has 1 aromatic rings. The summed E-state index contributed by atoms with van der Waals surface area (Å²) in [5, 5.41) is 5.15. The Balaban J connectivity index is 0.00000156. The van der Waals surface area contributed by atoms with Gasteiger partial charge in [0.2, 0.25) is 5.91 Å². The van der Waals surface area contributed by atoms with Crippen LogP contribution in [0.1, 0.15) is 23.8 Å². The van der Waals surface area contributed by atoms with Crippen LogP contribution in [0.4, 0.5) is 0 Å². The molecular formula is C16H27Cl2N3O3S. The van der Waals surface area contributed by atoms with Gasteiger partial charge < -0.3 is 20.5 Å². The van der Waals surface area contributed by atoms with Crippen molar-refractivity contribution in [3.63, 3.8) is 0 Å². The maximum atomic E-state index is 12.3. The molecule has 2 saturated heterocycles. The molecule has 0 saturated carbocycles. The highest BCUT2D eigenvalue weighted by molar-refractivity contribution is 7.10. The Kier molecular flexibility index (Phi) is 10.3. The van der Waals surface area contributed by atoms with Gasteiger partial charge in [-0.3, -0.25) is 9.69 Å². The van der Waals surface area contributed by atoms with Crippen LogP contribution in [0.15, 0.2) is 17.5 Å². The fraction of sp³-hybridized carbons (Fsp3) is 0.688. The summed E-state index contributed by atoms with van der Waals surface area (Å²) in [6.07, 6.45) is 1.30. The van der Waals surface area contributed by atoms with E-state index in [4.69, 9.17) is 15.2 Å². The van der Waals surface area contributed by atoms with Gasteiger partial charge in [-0.15, -0.1) is 36.2 Å². The fourth-order valence-corrected chi connectivity index (χ4v) is 4.02. The molecule has 0 bridgehead atoms. The molecule has 0 aliphatic carbocycles. The third kappa shape index (κ3) is 6.06. The van der Waals surface area contributed by atoms with Gasteiger partial charge in [0.1, 0.15) is 6.10 Å². The largest absolute Gasteiger partial charge is 0.379 e. The van der Waals surface area contributed by atoms with E-state index in [1.54, 1.807) is 11.3 Å². The van der Waals surface area contributed by atoms with Crippen molar-refractivity contribution in [2.24, 2.45) is 5.73 Å². The van der Waals surface area contributed by atoms with Crippen molar-refractivity contribution in [3.05, 3.63) is 22.4 Å². The number of thiophene rings is 1. The summed E-state index contributed by atoms with van der Waals surface area (Å²) >= 11 is 1.73. The van der Waals surface area contributed by atoms with Gasteiger partial charge in [0, 0.05) is 31.1 Å². The first kappa shape index (κ1) is 22.6. The SMILES string of the molecule is Cl.Cl.NC[C@H]1CC[C@@H](C(=O)NCC(c2cccs2)N2CCOCC2)O1. The quantitative estimate of drug-likeness (QED) is 0.742. The van der Waals surface area contributed by atoms with Gasteiger partial charge in [0.15, 0.2) is 0 Å². The van der Waals surface area contributed by atoms with Crippen LogP contribution in [0.5, 0.6) is 0 Å². The third-order valence-electron chi connectivity index (χ3n) is 4.49. The summed E-state index contributed by atoms with van der Waals surface area (Å²) in [5.41, 5.74) is 5.61. The van der Waals surface area contributed by atoms with Crippen LogP contribution in [-0.4, -0.2) is 62.4 Å². The number of halogens is 2. The first-order chi connectivity index (χ1) is 11.3. The number of rotatable bonds is 6. The summed E-state index contributed by atoms with van der Waals surface area (Å²) in [5.74, 6) is -0.0178. The molecule has 6 nitrogen and oxygen atoms in total. The van der Waals surface area contributed by atoms with Crippen molar-refractivity contribution in [2.45, 2.75) is 31.1 Å². The lowest BCUT2D eigenvalue weighted by Crippen LogP contribution is -2.45. The Morgan fingerprint density at radius 2 is 2.12 bits per heavy atom. The van der Waals surface area contributed by atoms with Crippen molar-refractivity contribution in [3.8, 4) is 0 Å². The van der Waals surface area contributed by atoms with Crippen molar-refractivity contribution in [2.75, 3.05) is 39.4 Å². The minimum atomic E-state index is -0.350. The Morgan fingerprint density at radius 1 is 1.36 bits per heavy atom. The summed E-state index contributed by atoms with van der Waals surface area (Å²) in [6.45, 7) is 4.38. The fourth-order valence-electron chi connectivity index (χ4n) is 3.16. The summed E-state index contributed by atoms with van der Waals surface area (Å²) < 4.78 is 11.1. The van der Waals surface area contributed by atoms with Crippen LogP contribution in [0.3, 0.4) is 0 Å². The monoisotopic (exact) mass is 411 g/mol. The molecule has 0 radical (unpaired) electrons. The van der Waals surface area contributed by atoms with E-state index in [2.05, 4.69) is 27.7 Å².